The van der Waals surface area contributed by atoms with Gasteiger partial charge in [-0.1, -0.05) is 52.0 Å². The van der Waals surface area contributed by atoms with E-state index in [0.29, 0.717) is 11.4 Å². The number of nitrogens with zero attached hydrogens (tertiary/aromatic N) is 2. The van der Waals surface area contributed by atoms with Crippen molar-refractivity contribution in [1.29, 1.82) is 0 Å². The van der Waals surface area contributed by atoms with Crippen molar-refractivity contribution in [2.24, 2.45) is 0 Å². The van der Waals surface area contributed by atoms with Gasteiger partial charge in [-0.2, -0.15) is 0 Å². The van der Waals surface area contributed by atoms with Crippen LogP contribution in [0.2, 0.25) is 0 Å². The first kappa shape index (κ1) is 22.1. The van der Waals surface area contributed by atoms with Gasteiger partial charge in [0.25, 0.3) is 5.91 Å². The van der Waals surface area contributed by atoms with Gasteiger partial charge in [0.05, 0.1) is 10.6 Å². The highest BCUT2D eigenvalue weighted by atomic mass is 79.9. The number of benzene rings is 2. The number of rotatable bonds is 7. The summed E-state index contributed by atoms with van der Waals surface area (Å²) in [6.07, 6.45) is 5.36. The number of thioether (sulfide) groups is 1. The smallest absolute Gasteiger partial charge is 0.265 e. The number of amides is 2. The Morgan fingerprint density at radius 3 is 2.74 bits per heavy atom. The van der Waals surface area contributed by atoms with E-state index in [1.54, 1.807) is 4.90 Å². The number of carbonyl (C=O) groups is 2. The molecule has 5 nitrogen and oxygen atoms in total. The Balaban J connectivity index is 1.43. The maximum Gasteiger partial charge on any atom is 0.265 e. The summed E-state index contributed by atoms with van der Waals surface area (Å²) in [6, 6.07) is 15.6. The molecule has 0 aromatic heterocycles. The highest BCUT2D eigenvalue weighted by Gasteiger charge is 2.30. The number of carbonyl (C=O) groups excluding carboxylic acids is 2. The Morgan fingerprint density at radius 2 is 1.94 bits per heavy atom. The quantitative estimate of drug-likeness (QED) is 0.449. The van der Waals surface area contributed by atoms with Crippen LogP contribution in [0, 0.1) is 0 Å². The molecule has 31 heavy (non-hydrogen) atoms. The molecule has 2 amide bonds. The topological polar surface area (TPSA) is 52.7 Å². The van der Waals surface area contributed by atoms with Crippen molar-refractivity contribution in [3.8, 4) is 0 Å². The van der Waals surface area contributed by atoms with Crippen LogP contribution < -0.4 is 10.2 Å². The molecule has 2 heterocycles. The lowest BCUT2D eigenvalue weighted by Gasteiger charge is -2.29. The van der Waals surface area contributed by atoms with E-state index in [2.05, 4.69) is 26.1 Å². The molecular weight excluding hydrogens is 474 g/mol. The third-order valence-corrected chi connectivity index (χ3v) is 7.02. The lowest BCUT2D eigenvalue weighted by Crippen LogP contribution is -2.43. The second-order valence-corrected chi connectivity index (χ2v) is 9.78. The molecule has 0 aliphatic carbocycles. The summed E-state index contributed by atoms with van der Waals surface area (Å²) in [5.41, 5.74) is 1.73. The van der Waals surface area contributed by atoms with E-state index >= 15 is 0 Å². The van der Waals surface area contributed by atoms with Gasteiger partial charge in [0.1, 0.15) is 6.54 Å². The SMILES string of the molecule is O=C(CN1C(=O)C(=Cc2cccc(Br)c2)Sc2ccccc21)NCCCN1CCCC1. The van der Waals surface area contributed by atoms with Gasteiger partial charge < -0.3 is 10.2 Å². The van der Waals surface area contributed by atoms with E-state index in [4.69, 9.17) is 0 Å². The fourth-order valence-corrected chi connectivity index (χ4v) is 5.38. The van der Waals surface area contributed by atoms with Crippen LogP contribution >= 0.6 is 27.7 Å². The number of hydrogen-bond donors (Lipinski definition) is 1. The summed E-state index contributed by atoms with van der Waals surface area (Å²) >= 11 is 4.93. The number of fused-ring (bicyclic) bond motifs is 1. The molecule has 7 heteroatoms. The van der Waals surface area contributed by atoms with Crippen molar-refractivity contribution in [2.45, 2.75) is 24.2 Å². The van der Waals surface area contributed by atoms with Gasteiger partial charge in [0.2, 0.25) is 5.91 Å². The molecule has 162 valence electrons. The molecule has 0 radical (unpaired) electrons. The lowest BCUT2D eigenvalue weighted by atomic mass is 10.2. The summed E-state index contributed by atoms with van der Waals surface area (Å²) in [7, 11) is 0. The van der Waals surface area contributed by atoms with Crippen LogP contribution in [-0.2, 0) is 9.59 Å². The first-order valence-corrected chi connectivity index (χ1v) is 12.3. The fraction of sp³-hybridized carbons (Fsp3) is 0.333. The molecule has 0 unspecified atom stereocenters. The molecule has 0 bridgehead atoms. The molecule has 0 atom stereocenters. The molecular formula is C24H26BrN3O2S. The molecule has 0 spiro atoms. The molecule has 0 saturated carbocycles. The highest BCUT2D eigenvalue weighted by molar-refractivity contribution is 9.10. The lowest BCUT2D eigenvalue weighted by molar-refractivity contribution is -0.122. The zero-order chi connectivity index (χ0) is 21.6. The maximum absolute atomic E-state index is 13.3. The van der Waals surface area contributed by atoms with Crippen molar-refractivity contribution in [3.05, 3.63) is 63.5 Å². The number of nitrogens with one attached hydrogen (secondary N) is 1. The largest absolute Gasteiger partial charge is 0.355 e. The van der Waals surface area contributed by atoms with Gasteiger partial charge in [-0.25, -0.2) is 0 Å². The summed E-state index contributed by atoms with van der Waals surface area (Å²) < 4.78 is 0.959. The van der Waals surface area contributed by atoms with Crippen LogP contribution in [0.25, 0.3) is 6.08 Å². The third kappa shape index (κ3) is 5.79. The standard InChI is InChI=1S/C24H26BrN3O2S/c25-19-8-5-7-18(15-19)16-22-24(30)28(20-9-1-2-10-21(20)31-22)17-23(29)26-11-6-14-27-12-3-4-13-27/h1-2,5,7-10,15-16H,3-4,6,11-14,17H2,(H,26,29). The predicted molar refractivity (Wildman–Crippen MR) is 130 cm³/mol. The second kappa shape index (κ2) is 10.5. The minimum atomic E-state index is -0.143. The molecule has 1 fully saturated rings. The van der Waals surface area contributed by atoms with Gasteiger partial charge in [0, 0.05) is 15.9 Å². The van der Waals surface area contributed by atoms with Crippen molar-refractivity contribution < 1.29 is 9.59 Å². The monoisotopic (exact) mass is 499 g/mol. The zero-order valence-corrected chi connectivity index (χ0v) is 19.8. The van der Waals surface area contributed by atoms with Crippen molar-refractivity contribution >= 4 is 51.3 Å². The van der Waals surface area contributed by atoms with Crippen molar-refractivity contribution in [2.75, 3.05) is 37.6 Å². The molecule has 4 rings (SSSR count). The van der Waals surface area contributed by atoms with Gasteiger partial charge in [-0.3, -0.25) is 14.5 Å². The average Bonchev–Trinajstić information content (AvgIpc) is 3.28. The van der Waals surface area contributed by atoms with E-state index in [-0.39, 0.29) is 18.4 Å². The summed E-state index contributed by atoms with van der Waals surface area (Å²) in [4.78, 5) is 31.5. The van der Waals surface area contributed by atoms with Crippen LogP contribution in [0.4, 0.5) is 5.69 Å². The van der Waals surface area contributed by atoms with Crippen LogP contribution in [0.5, 0.6) is 0 Å². The first-order chi connectivity index (χ1) is 15.1. The number of likely N-dealkylation sites (tertiary alicyclic amines) is 1. The Hall–Kier alpha value is -2.09. The van der Waals surface area contributed by atoms with E-state index in [9.17, 15) is 9.59 Å². The molecule has 2 aromatic rings. The van der Waals surface area contributed by atoms with E-state index in [1.165, 1.54) is 24.6 Å². The van der Waals surface area contributed by atoms with Gasteiger partial charge in [0.15, 0.2) is 0 Å². The van der Waals surface area contributed by atoms with E-state index in [1.807, 2.05) is 54.6 Å². The molecule has 2 aromatic carbocycles. The van der Waals surface area contributed by atoms with Crippen LogP contribution in [0.1, 0.15) is 24.8 Å². The summed E-state index contributed by atoms with van der Waals surface area (Å²) in [5, 5.41) is 2.99. The number of para-hydroxylation sites is 1. The highest BCUT2D eigenvalue weighted by Crippen LogP contribution is 2.41. The van der Waals surface area contributed by atoms with Gasteiger partial charge in [-0.05, 0) is 74.8 Å². The Kier molecular flexibility index (Phi) is 7.48. The maximum atomic E-state index is 13.3. The van der Waals surface area contributed by atoms with Crippen molar-refractivity contribution in [3.63, 3.8) is 0 Å². The summed E-state index contributed by atoms with van der Waals surface area (Å²) in [6.45, 7) is 4.00. The second-order valence-electron chi connectivity index (χ2n) is 7.78. The summed E-state index contributed by atoms with van der Waals surface area (Å²) in [5.74, 6) is -0.269. The molecule has 1 saturated heterocycles. The van der Waals surface area contributed by atoms with E-state index in [0.717, 1.165) is 46.7 Å². The number of halogens is 1. The molecule has 1 N–H and O–H groups in total. The average molecular weight is 500 g/mol. The van der Waals surface area contributed by atoms with Gasteiger partial charge >= 0.3 is 0 Å². The Labute approximate surface area is 196 Å². The predicted octanol–water partition coefficient (Wildman–Crippen LogP) is 4.53. The van der Waals surface area contributed by atoms with Crippen molar-refractivity contribution in [1.82, 2.24) is 10.2 Å². The number of anilines is 1. The minimum absolute atomic E-state index is 0.0238. The van der Waals surface area contributed by atoms with Crippen LogP contribution in [0.15, 0.2) is 62.8 Å². The zero-order valence-electron chi connectivity index (χ0n) is 17.4. The van der Waals surface area contributed by atoms with Crippen LogP contribution in [0.3, 0.4) is 0 Å². The first-order valence-electron chi connectivity index (χ1n) is 10.7. The number of hydrogen-bond acceptors (Lipinski definition) is 4. The Morgan fingerprint density at radius 1 is 1.13 bits per heavy atom. The van der Waals surface area contributed by atoms with Gasteiger partial charge in [-0.15, -0.1) is 0 Å². The minimum Gasteiger partial charge on any atom is -0.355 e. The fourth-order valence-electron chi connectivity index (χ4n) is 3.90. The molecule has 2 aliphatic rings. The van der Waals surface area contributed by atoms with E-state index < -0.39 is 0 Å². The van der Waals surface area contributed by atoms with Crippen LogP contribution in [-0.4, -0.2) is 49.4 Å². The normalized spacial score (nSPS) is 17.8. The Bertz CT molecular complexity index is 988. The third-order valence-electron chi connectivity index (χ3n) is 5.45. The molecule has 2 aliphatic heterocycles.